The number of nitrogens with one attached hydrogen (secondary N) is 2. The van der Waals surface area contributed by atoms with E-state index in [9.17, 15) is 4.79 Å². The maximum absolute atomic E-state index is 12.2. The first kappa shape index (κ1) is 18.7. The van der Waals surface area contributed by atoms with Crippen molar-refractivity contribution in [1.82, 2.24) is 4.98 Å². The van der Waals surface area contributed by atoms with Crippen LogP contribution in [-0.2, 0) is 6.42 Å². The molecule has 0 spiro atoms. The molecule has 0 saturated heterocycles. The molecule has 3 rings (SSSR count). The summed E-state index contributed by atoms with van der Waals surface area (Å²) in [5.41, 5.74) is 2.26. The van der Waals surface area contributed by atoms with Crippen LogP contribution in [0.15, 0.2) is 66.9 Å². The van der Waals surface area contributed by atoms with Crippen molar-refractivity contribution in [1.29, 1.82) is 0 Å². The summed E-state index contributed by atoms with van der Waals surface area (Å²) < 4.78 is 5.15. The Hall–Kier alpha value is -3.05. The molecule has 0 atom stereocenters. The van der Waals surface area contributed by atoms with Crippen LogP contribution in [0.4, 0.5) is 11.5 Å². The highest BCUT2D eigenvalue weighted by atomic mass is 35.5. The van der Waals surface area contributed by atoms with Crippen molar-refractivity contribution in [3.63, 3.8) is 0 Å². The van der Waals surface area contributed by atoms with Gasteiger partial charge in [0.05, 0.1) is 29.6 Å². The van der Waals surface area contributed by atoms with Gasteiger partial charge in [-0.2, -0.15) is 0 Å². The lowest BCUT2D eigenvalue weighted by Gasteiger charge is -2.09. The van der Waals surface area contributed by atoms with E-state index in [-0.39, 0.29) is 5.91 Å². The van der Waals surface area contributed by atoms with Gasteiger partial charge in [-0.1, -0.05) is 35.9 Å². The lowest BCUT2D eigenvalue weighted by Crippen LogP contribution is -2.13. The van der Waals surface area contributed by atoms with Crippen LogP contribution >= 0.6 is 11.6 Å². The smallest absolute Gasteiger partial charge is 0.257 e. The van der Waals surface area contributed by atoms with Crippen LogP contribution < -0.4 is 15.4 Å². The number of carbonyl (C=O) groups excluding carboxylic acids is 1. The van der Waals surface area contributed by atoms with Gasteiger partial charge in [-0.25, -0.2) is 4.98 Å². The third-order valence-electron chi connectivity index (χ3n) is 4.02. The molecular formula is C21H20ClN3O2. The molecule has 2 aromatic carbocycles. The molecule has 0 bridgehead atoms. The fourth-order valence-electron chi connectivity index (χ4n) is 2.54. The SMILES string of the molecule is COc1ccc(CCNc2ccc(NC(=O)c3ccccc3Cl)cn2)cc1. The molecule has 1 aromatic heterocycles. The molecular weight excluding hydrogens is 362 g/mol. The van der Waals surface area contributed by atoms with Crippen LogP contribution in [0.2, 0.25) is 5.02 Å². The monoisotopic (exact) mass is 381 g/mol. The standard InChI is InChI=1S/C21H20ClN3O2/c1-27-17-9-6-15(7-10-17)12-13-23-20-11-8-16(14-24-20)25-21(26)18-4-2-3-5-19(18)22/h2-11,14H,12-13H2,1H3,(H,23,24)(H,25,26). The molecule has 0 fully saturated rings. The summed E-state index contributed by atoms with van der Waals surface area (Å²) in [5, 5.41) is 6.48. The van der Waals surface area contributed by atoms with Crippen LogP contribution in [0, 0.1) is 0 Å². The van der Waals surface area contributed by atoms with Crippen molar-refractivity contribution < 1.29 is 9.53 Å². The number of rotatable bonds is 7. The van der Waals surface area contributed by atoms with E-state index < -0.39 is 0 Å². The fraction of sp³-hybridized carbons (Fsp3) is 0.143. The lowest BCUT2D eigenvalue weighted by molar-refractivity contribution is 0.102. The molecule has 1 heterocycles. The Bertz CT molecular complexity index is 896. The zero-order valence-electron chi connectivity index (χ0n) is 14.9. The number of amides is 1. The maximum Gasteiger partial charge on any atom is 0.257 e. The molecule has 1 amide bonds. The van der Waals surface area contributed by atoms with E-state index >= 15 is 0 Å². The zero-order valence-corrected chi connectivity index (χ0v) is 15.7. The quantitative estimate of drug-likeness (QED) is 0.625. The van der Waals surface area contributed by atoms with Crippen LogP contribution in [0.1, 0.15) is 15.9 Å². The van der Waals surface area contributed by atoms with E-state index in [2.05, 4.69) is 15.6 Å². The van der Waals surface area contributed by atoms with Gasteiger partial charge in [0.2, 0.25) is 0 Å². The van der Waals surface area contributed by atoms with E-state index in [0.717, 1.165) is 24.5 Å². The molecule has 3 aromatic rings. The number of hydrogen-bond acceptors (Lipinski definition) is 4. The fourth-order valence-corrected chi connectivity index (χ4v) is 2.76. The van der Waals surface area contributed by atoms with Crippen LogP contribution in [0.5, 0.6) is 5.75 Å². The van der Waals surface area contributed by atoms with Crippen molar-refractivity contribution >= 4 is 29.0 Å². The molecule has 0 radical (unpaired) electrons. The molecule has 6 heteroatoms. The van der Waals surface area contributed by atoms with Gasteiger partial charge in [0, 0.05) is 6.54 Å². The summed E-state index contributed by atoms with van der Waals surface area (Å²) in [6.07, 6.45) is 2.49. The van der Waals surface area contributed by atoms with Crippen LogP contribution in [-0.4, -0.2) is 24.5 Å². The molecule has 0 saturated carbocycles. The van der Waals surface area contributed by atoms with E-state index in [1.807, 2.05) is 30.3 Å². The normalized spacial score (nSPS) is 10.3. The minimum atomic E-state index is -0.261. The van der Waals surface area contributed by atoms with Crippen molar-refractivity contribution in [2.75, 3.05) is 24.3 Å². The minimum absolute atomic E-state index is 0.261. The lowest BCUT2D eigenvalue weighted by atomic mass is 10.1. The number of benzene rings is 2. The summed E-state index contributed by atoms with van der Waals surface area (Å²) in [5.74, 6) is 1.34. The van der Waals surface area contributed by atoms with Gasteiger partial charge in [0.25, 0.3) is 5.91 Å². The highest BCUT2D eigenvalue weighted by Gasteiger charge is 2.09. The molecule has 0 aliphatic heterocycles. The number of aromatic nitrogens is 1. The number of anilines is 2. The Kier molecular flexibility index (Phi) is 6.28. The number of methoxy groups -OCH3 is 1. The first-order valence-electron chi connectivity index (χ1n) is 8.54. The summed E-state index contributed by atoms with van der Waals surface area (Å²) in [4.78, 5) is 16.6. The Morgan fingerprint density at radius 2 is 1.85 bits per heavy atom. The van der Waals surface area contributed by atoms with Gasteiger partial charge in [-0.05, 0) is 48.4 Å². The molecule has 138 valence electrons. The number of halogens is 1. The van der Waals surface area contributed by atoms with E-state index in [1.165, 1.54) is 5.56 Å². The largest absolute Gasteiger partial charge is 0.497 e. The summed E-state index contributed by atoms with van der Waals surface area (Å²) in [6.45, 7) is 0.755. The predicted octanol–water partition coefficient (Wildman–Crippen LogP) is 4.65. The number of carbonyl (C=O) groups is 1. The van der Waals surface area contributed by atoms with Gasteiger partial charge in [-0.3, -0.25) is 4.79 Å². The van der Waals surface area contributed by atoms with E-state index in [1.54, 1.807) is 43.6 Å². The number of ether oxygens (including phenoxy) is 1. The van der Waals surface area contributed by atoms with E-state index in [0.29, 0.717) is 16.3 Å². The molecule has 0 aliphatic rings. The second-order valence-corrected chi connectivity index (χ2v) is 6.30. The molecule has 0 aliphatic carbocycles. The van der Waals surface area contributed by atoms with Gasteiger partial charge >= 0.3 is 0 Å². The topological polar surface area (TPSA) is 63.2 Å². The Morgan fingerprint density at radius 3 is 2.52 bits per heavy atom. The minimum Gasteiger partial charge on any atom is -0.497 e. The number of nitrogens with zero attached hydrogens (tertiary/aromatic N) is 1. The number of hydrogen-bond donors (Lipinski definition) is 2. The highest BCUT2D eigenvalue weighted by molar-refractivity contribution is 6.34. The molecule has 2 N–H and O–H groups in total. The number of pyridine rings is 1. The molecule has 5 nitrogen and oxygen atoms in total. The van der Waals surface area contributed by atoms with Crippen molar-refractivity contribution in [3.05, 3.63) is 83.0 Å². The molecule has 0 unspecified atom stereocenters. The summed E-state index contributed by atoms with van der Waals surface area (Å²) in [6, 6.07) is 18.5. The van der Waals surface area contributed by atoms with Crippen LogP contribution in [0.3, 0.4) is 0 Å². The second-order valence-electron chi connectivity index (χ2n) is 5.89. The third kappa shape index (κ3) is 5.21. The van der Waals surface area contributed by atoms with E-state index in [4.69, 9.17) is 16.3 Å². The first-order chi connectivity index (χ1) is 13.2. The van der Waals surface area contributed by atoms with Crippen molar-refractivity contribution in [2.24, 2.45) is 0 Å². The zero-order chi connectivity index (χ0) is 19.1. The maximum atomic E-state index is 12.2. The highest BCUT2D eigenvalue weighted by Crippen LogP contribution is 2.17. The van der Waals surface area contributed by atoms with Gasteiger partial charge in [-0.15, -0.1) is 0 Å². The summed E-state index contributed by atoms with van der Waals surface area (Å²) in [7, 11) is 1.66. The average Bonchev–Trinajstić information content (AvgIpc) is 2.70. The molecule has 27 heavy (non-hydrogen) atoms. The van der Waals surface area contributed by atoms with Gasteiger partial charge in [0.1, 0.15) is 11.6 Å². The van der Waals surface area contributed by atoms with Crippen molar-refractivity contribution in [2.45, 2.75) is 6.42 Å². The third-order valence-corrected chi connectivity index (χ3v) is 4.35. The first-order valence-corrected chi connectivity index (χ1v) is 8.92. The predicted molar refractivity (Wildman–Crippen MR) is 109 cm³/mol. The van der Waals surface area contributed by atoms with Gasteiger partial charge < -0.3 is 15.4 Å². The van der Waals surface area contributed by atoms with Gasteiger partial charge in [0.15, 0.2) is 0 Å². The Balaban J connectivity index is 1.51. The van der Waals surface area contributed by atoms with Crippen molar-refractivity contribution in [3.8, 4) is 5.75 Å². The average molecular weight is 382 g/mol. The Labute approximate surface area is 163 Å². The Morgan fingerprint density at radius 1 is 1.07 bits per heavy atom. The van der Waals surface area contributed by atoms with Crippen LogP contribution in [0.25, 0.3) is 0 Å². The second kappa shape index (κ2) is 9.05. The summed E-state index contributed by atoms with van der Waals surface area (Å²) >= 11 is 6.04.